The van der Waals surface area contributed by atoms with Crippen molar-refractivity contribution in [1.29, 1.82) is 0 Å². The number of aromatic nitrogens is 3. The predicted molar refractivity (Wildman–Crippen MR) is 203 cm³/mol. The fourth-order valence-electron chi connectivity index (χ4n) is 6.70. The third kappa shape index (κ3) is 7.51. The van der Waals surface area contributed by atoms with Crippen LogP contribution in [0, 0.1) is 0 Å². The first kappa shape index (κ1) is 35.9. The molecule has 0 radical (unpaired) electrons. The minimum absolute atomic E-state index is 0.0564. The molecule has 2 aromatic carbocycles. The molecule has 0 saturated carbocycles. The van der Waals surface area contributed by atoms with E-state index >= 15 is 0 Å². The molecule has 268 valence electrons. The van der Waals surface area contributed by atoms with Gasteiger partial charge in [0.25, 0.3) is 5.56 Å². The van der Waals surface area contributed by atoms with E-state index in [1.807, 2.05) is 48.5 Å². The number of pyridine rings is 2. The van der Waals surface area contributed by atoms with E-state index < -0.39 is 0 Å². The van der Waals surface area contributed by atoms with Crippen molar-refractivity contribution >= 4 is 52.3 Å². The zero-order valence-electron chi connectivity index (χ0n) is 28.3. The highest BCUT2D eigenvalue weighted by Gasteiger charge is 2.23. The number of amides is 2. The lowest BCUT2D eigenvalue weighted by atomic mass is 9.97. The van der Waals surface area contributed by atoms with E-state index in [0.717, 1.165) is 24.0 Å². The molecule has 14 heteroatoms. The maximum atomic E-state index is 13.3. The van der Waals surface area contributed by atoms with Crippen LogP contribution in [0.15, 0.2) is 71.8 Å². The molecule has 7 rings (SSSR count). The lowest BCUT2D eigenvalue weighted by Crippen LogP contribution is -2.36. The summed E-state index contributed by atoms with van der Waals surface area (Å²) in [6.45, 7) is 1.95. The Kier molecular flexibility index (Phi) is 10.8. The number of hydrogen-bond acceptors (Lipinski definition) is 8. The van der Waals surface area contributed by atoms with E-state index in [9.17, 15) is 14.4 Å². The molecule has 5 heterocycles. The molecular weight excluding hydrogens is 725 g/mol. The van der Waals surface area contributed by atoms with E-state index in [1.54, 1.807) is 25.6 Å². The maximum Gasteiger partial charge on any atom is 0.262 e. The number of nitrogens with one attached hydrogen (secondary N) is 4. The molecule has 2 amide bonds. The number of rotatable bonds is 12. The number of halogens is 3. The summed E-state index contributed by atoms with van der Waals surface area (Å²) < 4.78 is 7.15. The Morgan fingerprint density at radius 2 is 1.44 bits per heavy atom. The van der Waals surface area contributed by atoms with Gasteiger partial charge in [0, 0.05) is 96.9 Å². The summed E-state index contributed by atoms with van der Waals surface area (Å²) in [6.07, 6.45) is 5.93. The van der Waals surface area contributed by atoms with E-state index in [2.05, 4.69) is 26.3 Å². The normalized spacial score (nSPS) is 17.1. The molecule has 2 aliphatic heterocycles. The van der Waals surface area contributed by atoms with Gasteiger partial charge >= 0.3 is 0 Å². The fraction of sp³-hybridized carbons (Fsp3) is 0.289. The Bertz CT molecular complexity index is 2250. The van der Waals surface area contributed by atoms with Crippen molar-refractivity contribution in [2.24, 2.45) is 0 Å². The van der Waals surface area contributed by atoms with Crippen molar-refractivity contribution in [3.05, 3.63) is 104 Å². The molecule has 52 heavy (non-hydrogen) atoms. The molecule has 11 nitrogen and oxygen atoms in total. The first-order valence-corrected chi connectivity index (χ1v) is 18.2. The topological polar surface area (TPSA) is 139 Å². The summed E-state index contributed by atoms with van der Waals surface area (Å²) in [5.41, 5.74) is 5.69. The summed E-state index contributed by atoms with van der Waals surface area (Å²) in [5, 5.41) is 13.9. The van der Waals surface area contributed by atoms with Crippen LogP contribution < -0.4 is 31.6 Å². The Morgan fingerprint density at radius 1 is 0.827 bits per heavy atom. The van der Waals surface area contributed by atoms with Crippen LogP contribution in [0.1, 0.15) is 36.8 Å². The van der Waals surface area contributed by atoms with Crippen LogP contribution in [0.4, 0.5) is 0 Å². The van der Waals surface area contributed by atoms with Crippen molar-refractivity contribution in [2.45, 2.75) is 50.9 Å². The lowest BCUT2D eigenvalue weighted by Gasteiger charge is -2.17. The van der Waals surface area contributed by atoms with E-state index in [1.165, 1.54) is 4.40 Å². The maximum absolute atomic E-state index is 13.3. The van der Waals surface area contributed by atoms with Gasteiger partial charge in [-0.1, -0.05) is 71.2 Å². The van der Waals surface area contributed by atoms with Crippen LogP contribution in [-0.2, 0) is 22.7 Å². The molecule has 4 N–H and O–H groups in total. The number of nitrogens with zero attached hydrogens (tertiary/aromatic N) is 3. The molecule has 2 aliphatic rings. The van der Waals surface area contributed by atoms with Gasteiger partial charge in [0.05, 0.1) is 27.9 Å². The highest BCUT2D eigenvalue weighted by Crippen LogP contribution is 2.43. The Labute approximate surface area is 315 Å². The van der Waals surface area contributed by atoms with Crippen molar-refractivity contribution in [2.75, 3.05) is 20.2 Å². The van der Waals surface area contributed by atoms with Crippen LogP contribution in [0.5, 0.6) is 5.88 Å². The summed E-state index contributed by atoms with van der Waals surface area (Å²) in [7, 11) is 1.54. The number of methoxy groups -OCH3 is 1. The van der Waals surface area contributed by atoms with Crippen molar-refractivity contribution in [1.82, 2.24) is 35.6 Å². The number of fused-ring (bicyclic) bond motifs is 1. The van der Waals surface area contributed by atoms with E-state index in [4.69, 9.17) is 44.5 Å². The molecule has 0 spiro atoms. The summed E-state index contributed by atoms with van der Waals surface area (Å²) in [6, 6.07) is 16.9. The second kappa shape index (κ2) is 15.6. The second-order valence-electron chi connectivity index (χ2n) is 12.9. The van der Waals surface area contributed by atoms with Gasteiger partial charge in [-0.05, 0) is 36.6 Å². The van der Waals surface area contributed by atoms with Gasteiger partial charge in [-0.15, -0.1) is 0 Å². The number of hydrogen-bond donors (Lipinski definition) is 4. The second-order valence-corrected chi connectivity index (χ2v) is 14.1. The number of ether oxygens (including phenoxy) is 1. The zero-order chi connectivity index (χ0) is 36.4. The van der Waals surface area contributed by atoms with Gasteiger partial charge in [-0.2, -0.15) is 0 Å². The van der Waals surface area contributed by atoms with Crippen LogP contribution in [0.2, 0.25) is 15.1 Å². The average molecular weight is 761 g/mol. The minimum atomic E-state index is -0.170. The summed E-state index contributed by atoms with van der Waals surface area (Å²) in [5.74, 6) is 0.497. The third-order valence-electron chi connectivity index (χ3n) is 9.45. The van der Waals surface area contributed by atoms with Gasteiger partial charge in [-0.3, -0.25) is 18.8 Å². The Hall–Kier alpha value is -4.52. The number of benzene rings is 2. The fourth-order valence-corrected chi connectivity index (χ4v) is 7.61. The lowest BCUT2D eigenvalue weighted by molar-refractivity contribution is -0.120. The largest absolute Gasteiger partial charge is 0.481 e. The van der Waals surface area contributed by atoms with E-state index in [-0.39, 0.29) is 29.5 Å². The van der Waals surface area contributed by atoms with Gasteiger partial charge in [-0.25, -0.2) is 9.97 Å². The molecular formula is C38H36Cl3N7O4. The van der Waals surface area contributed by atoms with Gasteiger partial charge < -0.3 is 26.0 Å². The molecule has 3 aromatic heterocycles. The molecule has 2 fully saturated rings. The van der Waals surface area contributed by atoms with Gasteiger partial charge in [0.2, 0.25) is 17.7 Å². The van der Waals surface area contributed by atoms with Crippen molar-refractivity contribution in [3.63, 3.8) is 0 Å². The van der Waals surface area contributed by atoms with Crippen molar-refractivity contribution < 1.29 is 14.3 Å². The van der Waals surface area contributed by atoms with Crippen LogP contribution in [-0.4, -0.2) is 58.5 Å². The summed E-state index contributed by atoms with van der Waals surface area (Å²) in [4.78, 5) is 45.6. The van der Waals surface area contributed by atoms with Gasteiger partial charge in [0.15, 0.2) is 0 Å². The van der Waals surface area contributed by atoms with Crippen LogP contribution in [0.3, 0.4) is 0 Å². The molecule has 2 saturated heterocycles. The Morgan fingerprint density at radius 3 is 2.08 bits per heavy atom. The van der Waals surface area contributed by atoms with Crippen molar-refractivity contribution in [3.8, 4) is 39.4 Å². The number of carbonyl (C=O) groups excluding carboxylic acids is 2. The molecule has 5 aromatic rings. The SMILES string of the molecule is COc1nc(-c2cccc(-c3cccc(-c4ccn5c(=O)c(CNC[C@H]6CCC(=O)N6)cnc5c4)c3Cl)c2Cl)cc(Cl)c1CNC[C@@H]1CCC(=O)N1. The summed E-state index contributed by atoms with van der Waals surface area (Å²) >= 11 is 21.0. The van der Waals surface area contributed by atoms with Crippen LogP contribution >= 0.6 is 34.8 Å². The quantitative estimate of drug-likeness (QED) is 0.125. The average Bonchev–Trinajstić information content (AvgIpc) is 3.76. The standard InChI is InChI=1S/C38H36Cl3N7O4/c1-52-37-29(20-43-19-24-9-11-34(50)46-24)30(39)15-31(47-37)28-7-3-6-27(36(28)41)26-5-2-4-25(35(26)40)21-12-13-48-32(14-21)44-17-22(38(48)51)16-42-18-23-8-10-33(49)45-23/h2-7,12-15,17,23-24,42-43H,8-11,16,18-20H2,1H3,(H,45,49)(H,46,50)/t23-,24+/m1/s1. The van der Waals surface area contributed by atoms with E-state index in [0.29, 0.717) is 99.1 Å². The van der Waals surface area contributed by atoms with Gasteiger partial charge in [0.1, 0.15) is 5.65 Å². The van der Waals surface area contributed by atoms with Crippen LogP contribution in [0.25, 0.3) is 39.2 Å². The molecule has 0 bridgehead atoms. The first-order chi connectivity index (χ1) is 25.2. The minimum Gasteiger partial charge on any atom is -0.481 e. The molecule has 0 unspecified atom stereocenters. The molecule has 2 atom stereocenters. The highest BCUT2D eigenvalue weighted by atomic mass is 35.5. The predicted octanol–water partition coefficient (Wildman–Crippen LogP) is 5.80. The third-order valence-corrected chi connectivity index (χ3v) is 10.6. The number of carbonyl (C=O) groups is 2. The smallest absolute Gasteiger partial charge is 0.262 e. The first-order valence-electron chi connectivity index (χ1n) is 17.0. The Balaban J connectivity index is 1.12. The zero-order valence-corrected chi connectivity index (χ0v) is 30.5. The highest BCUT2D eigenvalue weighted by molar-refractivity contribution is 6.39. The monoisotopic (exact) mass is 759 g/mol. The molecule has 0 aliphatic carbocycles.